The van der Waals surface area contributed by atoms with Gasteiger partial charge in [0, 0.05) is 20.0 Å². The van der Waals surface area contributed by atoms with Crippen LogP contribution in [-0.2, 0) is 9.53 Å². The quantitative estimate of drug-likeness (QED) is 0.406. The van der Waals surface area contributed by atoms with E-state index in [0.29, 0.717) is 12.8 Å². The van der Waals surface area contributed by atoms with Crippen molar-refractivity contribution in [2.45, 2.75) is 110 Å². The number of ether oxygens (including phenoxy) is 1. The molecule has 0 rings (SSSR count). The largest absolute Gasteiger partial charge is 0.390 e. The molecule has 0 aliphatic rings. The number of Topliss-reactive ketones (excluding diaryl/α,β-unsaturated/α-hetero) is 1. The molecular formula is C19H38O3. The Bertz CT molecular complexity index is 253. The van der Waals surface area contributed by atoms with Crippen molar-refractivity contribution in [3.8, 4) is 0 Å². The molecule has 0 saturated heterocycles. The minimum Gasteiger partial charge on any atom is -0.390 e. The third-order valence-electron chi connectivity index (χ3n) is 4.41. The normalized spacial score (nSPS) is 14.0. The summed E-state index contributed by atoms with van der Waals surface area (Å²) in [7, 11) is 1.58. The van der Waals surface area contributed by atoms with Crippen molar-refractivity contribution >= 4 is 5.78 Å². The fraction of sp³-hybridized carbons (Fsp3) is 0.947. The summed E-state index contributed by atoms with van der Waals surface area (Å²) in [4.78, 5) is 11.4. The Hall–Kier alpha value is -0.410. The Morgan fingerprint density at radius 3 is 1.86 bits per heavy atom. The summed E-state index contributed by atoms with van der Waals surface area (Å²) in [6.07, 6.45) is 13.7. The first-order chi connectivity index (χ1) is 10.7. The molecule has 3 nitrogen and oxygen atoms in total. The van der Waals surface area contributed by atoms with E-state index in [1.807, 2.05) is 6.92 Å². The zero-order chi connectivity index (χ0) is 16.6. The fourth-order valence-corrected chi connectivity index (χ4v) is 2.77. The Morgan fingerprint density at radius 2 is 1.41 bits per heavy atom. The molecule has 2 atom stereocenters. The fourth-order valence-electron chi connectivity index (χ4n) is 2.77. The van der Waals surface area contributed by atoms with Crippen molar-refractivity contribution < 1.29 is 14.6 Å². The number of unbranched alkanes of at least 4 members (excludes halogenated alkanes) is 9. The summed E-state index contributed by atoms with van der Waals surface area (Å²) in [6, 6.07) is 0. The lowest BCUT2D eigenvalue weighted by molar-refractivity contribution is -0.123. The van der Waals surface area contributed by atoms with Crippen LogP contribution in [0.5, 0.6) is 0 Å². The summed E-state index contributed by atoms with van der Waals surface area (Å²) in [5, 5.41) is 10.1. The second-order valence-electron chi connectivity index (χ2n) is 6.41. The monoisotopic (exact) mass is 314 g/mol. The molecule has 0 aromatic rings. The number of aliphatic hydroxyl groups is 1. The maximum absolute atomic E-state index is 11.4. The molecular weight excluding hydrogens is 276 g/mol. The second-order valence-corrected chi connectivity index (χ2v) is 6.41. The van der Waals surface area contributed by atoms with Gasteiger partial charge in [0.05, 0.1) is 12.2 Å². The third-order valence-corrected chi connectivity index (χ3v) is 4.41. The van der Waals surface area contributed by atoms with Crippen molar-refractivity contribution in [2.24, 2.45) is 0 Å². The molecule has 0 aliphatic heterocycles. The maximum atomic E-state index is 11.4. The first-order valence-corrected chi connectivity index (χ1v) is 9.38. The number of hydrogen-bond acceptors (Lipinski definition) is 3. The Balaban J connectivity index is 3.50. The van der Waals surface area contributed by atoms with E-state index in [4.69, 9.17) is 4.74 Å². The number of methoxy groups -OCH3 is 1. The summed E-state index contributed by atoms with van der Waals surface area (Å²) in [6.45, 7) is 4.10. The molecule has 0 aromatic heterocycles. The molecule has 3 heteroatoms. The number of carbonyl (C=O) groups is 1. The highest BCUT2D eigenvalue weighted by Gasteiger charge is 2.20. The number of rotatable bonds is 16. The van der Waals surface area contributed by atoms with Gasteiger partial charge in [0.15, 0.2) is 0 Å². The van der Waals surface area contributed by atoms with E-state index in [0.717, 1.165) is 12.8 Å². The van der Waals surface area contributed by atoms with E-state index in [1.165, 1.54) is 57.8 Å². The van der Waals surface area contributed by atoms with Crippen molar-refractivity contribution in [3.05, 3.63) is 0 Å². The summed E-state index contributed by atoms with van der Waals surface area (Å²) < 4.78 is 5.26. The second kappa shape index (κ2) is 15.5. The first kappa shape index (κ1) is 21.6. The maximum Gasteiger partial charge on any atom is 0.135 e. The van der Waals surface area contributed by atoms with Gasteiger partial charge in [-0.25, -0.2) is 0 Å². The molecule has 0 saturated carbocycles. The lowest BCUT2D eigenvalue weighted by Crippen LogP contribution is -2.30. The molecule has 0 aliphatic carbocycles. The van der Waals surface area contributed by atoms with Crippen LogP contribution in [0.3, 0.4) is 0 Å². The number of hydrogen-bond donors (Lipinski definition) is 1. The van der Waals surface area contributed by atoms with Gasteiger partial charge < -0.3 is 9.84 Å². The molecule has 0 bridgehead atoms. The van der Waals surface area contributed by atoms with Gasteiger partial charge in [0.25, 0.3) is 0 Å². The van der Waals surface area contributed by atoms with Gasteiger partial charge in [-0.2, -0.15) is 0 Å². The standard InChI is InChI=1S/C19H38O3/c1-4-6-7-8-9-10-11-12-13-14-15-18(21)19(22-3)16-17(20)5-2/h18-19,21H,4-16H2,1-3H3. The van der Waals surface area contributed by atoms with Crippen LogP contribution in [0.2, 0.25) is 0 Å². The van der Waals surface area contributed by atoms with Crippen LogP contribution in [0.4, 0.5) is 0 Å². The van der Waals surface area contributed by atoms with Crippen LogP contribution in [0.25, 0.3) is 0 Å². The van der Waals surface area contributed by atoms with Crippen LogP contribution in [-0.4, -0.2) is 30.2 Å². The highest BCUT2D eigenvalue weighted by atomic mass is 16.5. The van der Waals surface area contributed by atoms with Gasteiger partial charge >= 0.3 is 0 Å². The van der Waals surface area contributed by atoms with Gasteiger partial charge in [0.2, 0.25) is 0 Å². The van der Waals surface area contributed by atoms with E-state index in [1.54, 1.807) is 7.11 Å². The summed E-state index contributed by atoms with van der Waals surface area (Å²) >= 11 is 0. The zero-order valence-electron chi connectivity index (χ0n) is 15.1. The van der Waals surface area contributed by atoms with Crippen molar-refractivity contribution in [3.63, 3.8) is 0 Å². The van der Waals surface area contributed by atoms with E-state index in [2.05, 4.69) is 6.92 Å². The smallest absolute Gasteiger partial charge is 0.135 e. The van der Waals surface area contributed by atoms with Gasteiger partial charge in [-0.1, -0.05) is 78.1 Å². The third kappa shape index (κ3) is 12.2. The number of carbonyl (C=O) groups excluding carboxylic acids is 1. The predicted octanol–water partition coefficient (Wildman–Crippen LogP) is 5.04. The molecule has 0 aromatic carbocycles. The summed E-state index contributed by atoms with van der Waals surface area (Å²) in [5.74, 6) is 0.161. The topological polar surface area (TPSA) is 46.5 Å². The number of aliphatic hydroxyl groups excluding tert-OH is 1. The van der Waals surface area contributed by atoms with Gasteiger partial charge in [-0.15, -0.1) is 0 Å². The minimum absolute atomic E-state index is 0.161. The Morgan fingerprint density at radius 1 is 0.909 bits per heavy atom. The molecule has 0 heterocycles. The molecule has 132 valence electrons. The average molecular weight is 315 g/mol. The molecule has 0 amide bonds. The minimum atomic E-state index is -0.505. The molecule has 0 spiro atoms. The molecule has 22 heavy (non-hydrogen) atoms. The lowest BCUT2D eigenvalue weighted by Gasteiger charge is -2.20. The van der Waals surface area contributed by atoms with Crippen molar-refractivity contribution in [1.29, 1.82) is 0 Å². The highest BCUT2D eigenvalue weighted by molar-refractivity contribution is 5.78. The Labute approximate surface area is 137 Å². The Kier molecular flexibility index (Phi) is 15.2. The SMILES string of the molecule is CCCCCCCCCCCCC(O)C(CC(=O)CC)OC. The first-order valence-electron chi connectivity index (χ1n) is 9.38. The van der Waals surface area contributed by atoms with Gasteiger partial charge in [-0.3, -0.25) is 4.79 Å². The van der Waals surface area contributed by atoms with Gasteiger partial charge in [-0.05, 0) is 6.42 Å². The number of ketones is 1. The van der Waals surface area contributed by atoms with E-state index in [9.17, 15) is 9.90 Å². The van der Waals surface area contributed by atoms with Crippen LogP contribution in [0, 0.1) is 0 Å². The van der Waals surface area contributed by atoms with E-state index >= 15 is 0 Å². The zero-order valence-corrected chi connectivity index (χ0v) is 15.1. The van der Waals surface area contributed by atoms with Crippen molar-refractivity contribution in [2.75, 3.05) is 7.11 Å². The summed E-state index contributed by atoms with van der Waals surface area (Å²) in [5.41, 5.74) is 0. The molecule has 0 fully saturated rings. The van der Waals surface area contributed by atoms with Crippen LogP contribution in [0.15, 0.2) is 0 Å². The van der Waals surface area contributed by atoms with Crippen LogP contribution < -0.4 is 0 Å². The van der Waals surface area contributed by atoms with Crippen molar-refractivity contribution in [1.82, 2.24) is 0 Å². The van der Waals surface area contributed by atoms with Gasteiger partial charge in [0.1, 0.15) is 5.78 Å². The van der Waals surface area contributed by atoms with E-state index in [-0.39, 0.29) is 11.9 Å². The highest BCUT2D eigenvalue weighted by Crippen LogP contribution is 2.15. The molecule has 1 N–H and O–H groups in total. The van der Waals surface area contributed by atoms with Crippen LogP contribution >= 0.6 is 0 Å². The molecule has 2 unspecified atom stereocenters. The molecule has 0 radical (unpaired) electrons. The van der Waals surface area contributed by atoms with E-state index < -0.39 is 6.10 Å². The van der Waals surface area contributed by atoms with Crippen LogP contribution in [0.1, 0.15) is 97.3 Å². The average Bonchev–Trinajstić information content (AvgIpc) is 2.53. The lowest BCUT2D eigenvalue weighted by atomic mass is 10.00. The predicted molar refractivity (Wildman–Crippen MR) is 93.2 cm³/mol.